The Morgan fingerprint density at radius 3 is 2.27 bits per heavy atom. The molecule has 1 N–H and O–H groups in total. The van der Waals surface area contributed by atoms with Gasteiger partial charge < -0.3 is 19.5 Å². The summed E-state index contributed by atoms with van der Waals surface area (Å²) < 4.78 is 12.6. The monoisotopic (exact) mass is 677 g/mol. The third-order valence-electron chi connectivity index (χ3n) is 5.58. The van der Waals surface area contributed by atoms with Crippen LogP contribution in [0.4, 0.5) is 0 Å². The first-order valence-electron chi connectivity index (χ1n) is 10.9. The SMILES string of the molecule is CC(C)OC(=O)C(C)(C)Oc1cccc(C2CCN(C(=O)c3cc(I)c(O)c(I)c3)CC2)c1. The van der Waals surface area contributed by atoms with Crippen molar-refractivity contribution in [2.75, 3.05) is 13.1 Å². The Kier molecular flexibility index (Phi) is 8.52. The highest BCUT2D eigenvalue weighted by Crippen LogP contribution is 2.33. The number of esters is 1. The Morgan fingerprint density at radius 2 is 1.70 bits per heavy atom. The van der Waals surface area contributed by atoms with E-state index < -0.39 is 11.6 Å². The Hall–Kier alpha value is -1.56. The molecular formula is C25H29I2NO5. The highest BCUT2D eigenvalue weighted by molar-refractivity contribution is 14.1. The topological polar surface area (TPSA) is 76.1 Å². The summed E-state index contributed by atoms with van der Waals surface area (Å²) in [5.74, 6) is 0.752. The lowest BCUT2D eigenvalue weighted by atomic mass is 9.89. The molecule has 0 unspecified atom stereocenters. The number of phenols is 1. The molecule has 1 fully saturated rings. The molecule has 0 bridgehead atoms. The molecule has 33 heavy (non-hydrogen) atoms. The van der Waals surface area contributed by atoms with Crippen LogP contribution in [0.5, 0.6) is 11.5 Å². The van der Waals surface area contributed by atoms with Crippen molar-refractivity contribution in [3.05, 3.63) is 54.7 Å². The van der Waals surface area contributed by atoms with Crippen LogP contribution in [0.2, 0.25) is 0 Å². The van der Waals surface area contributed by atoms with E-state index in [0.29, 0.717) is 37.5 Å². The van der Waals surface area contributed by atoms with Gasteiger partial charge in [0.05, 0.1) is 13.2 Å². The number of hydrogen-bond donors (Lipinski definition) is 1. The highest BCUT2D eigenvalue weighted by atomic mass is 127. The van der Waals surface area contributed by atoms with E-state index in [2.05, 4.69) is 6.07 Å². The van der Waals surface area contributed by atoms with Gasteiger partial charge in [0, 0.05) is 18.7 Å². The van der Waals surface area contributed by atoms with E-state index in [9.17, 15) is 14.7 Å². The van der Waals surface area contributed by atoms with E-state index >= 15 is 0 Å². The Balaban J connectivity index is 1.64. The third kappa shape index (κ3) is 6.52. The maximum absolute atomic E-state index is 13.0. The van der Waals surface area contributed by atoms with Gasteiger partial charge in [0.1, 0.15) is 11.5 Å². The zero-order valence-corrected chi connectivity index (χ0v) is 23.5. The van der Waals surface area contributed by atoms with Gasteiger partial charge in [-0.05, 0) is 121 Å². The number of likely N-dealkylation sites (tertiary alicyclic amines) is 1. The fourth-order valence-electron chi connectivity index (χ4n) is 3.81. The molecule has 0 atom stereocenters. The molecule has 0 spiro atoms. The predicted octanol–water partition coefficient (Wildman–Crippen LogP) is 5.73. The van der Waals surface area contributed by atoms with Crippen LogP contribution in [-0.4, -0.2) is 46.7 Å². The molecule has 0 aliphatic carbocycles. The number of carbonyl (C=O) groups excluding carboxylic acids is 2. The van der Waals surface area contributed by atoms with Crippen molar-refractivity contribution in [2.45, 2.75) is 58.2 Å². The quantitative estimate of drug-likeness (QED) is 0.313. The summed E-state index contributed by atoms with van der Waals surface area (Å²) in [6.45, 7) is 8.37. The average Bonchev–Trinajstić information content (AvgIpc) is 2.76. The van der Waals surface area contributed by atoms with Crippen molar-refractivity contribution in [1.29, 1.82) is 0 Å². The van der Waals surface area contributed by atoms with Crippen LogP contribution in [0.3, 0.4) is 0 Å². The van der Waals surface area contributed by atoms with E-state index in [1.165, 1.54) is 0 Å². The van der Waals surface area contributed by atoms with Gasteiger partial charge >= 0.3 is 5.97 Å². The Morgan fingerprint density at radius 1 is 1.09 bits per heavy atom. The number of aromatic hydroxyl groups is 1. The third-order valence-corrected chi connectivity index (χ3v) is 7.23. The van der Waals surface area contributed by atoms with Crippen molar-refractivity contribution < 1.29 is 24.2 Å². The molecule has 1 saturated heterocycles. The zero-order chi connectivity index (χ0) is 24.3. The van der Waals surface area contributed by atoms with E-state index in [0.717, 1.165) is 18.4 Å². The first-order chi connectivity index (χ1) is 15.5. The molecule has 0 saturated carbocycles. The number of ether oxygens (including phenoxy) is 2. The lowest BCUT2D eigenvalue weighted by molar-refractivity contribution is -0.163. The molecule has 6 nitrogen and oxygen atoms in total. The van der Waals surface area contributed by atoms with Crippen LogP contribution in [0.15, 0.2) is 36.4 Å². The van der Waals surface area contributed by atoms with Crippen LogP contribution in [0, 0.1) is 7.14 Å². The van der Waals surface area contributed by atoms with Gasteiger partial charge in [-0.3, -0.25) is 4.79 Å². The lowest BCUT2D eigenvalue weighted by Crippen LogP contribution is -2.41. The van der Waals surface area contributed by atoms with Crippen LogP contribution in [0.25, 0.3) is 0 Å². The number of carbonyl (C=O) groups is 2. The largest absolute Gasteiger partial charge is 0.506 e. The molecular weight excluding hydrogens is 648 g/mol. The molecule has 2 aromatic rings. The molecule has 1 heterocycles. The number of benzene rings is 2. The van der Waals surface area contributed by atoms with Crippen LogP contribution < -0.4 is 4.74 Å². The molecule has 1 aliphatic rings. The summed E-state index contributed by atoms with van der Waals surface area (Å²) in [7, 11) is 0. The number of nitrogens with zero attached hydrogens (tertiary/aromatic N) is 1. The first kappa shape index (κ1) is 26.1. The second-order valence-corrected chi connectivity index (χ2v) is 11.3. The van der Waals surface area contributed by atoms with Gasteiger partial charge in [-0.1, -0.05) is 12.1 Å². The zero-order valence-electron chi connectivity index (χ0n) is 19.2. The average molecular weight is 677 g/mol. The standard InChI is InChI=1S/C25H29I2NO5/c1-15(2)32-24(31)25(3,4)33-19-7-5-6-17(12-19)16-8-10-28(11-9-16)23(30)18-13-20(26)22(29)21(27)14-18/h5-7,12-16,29H,8-11H2,1-4H3. The smallest absolute Gasteiger partial charge is 0.350 e. The van der Waals surface area contributed by atoms with Crippen LogP contribution in [-0.2, 0) is 9.53 Å². The van der Waals surface area contributed by atoms with Crippen LogP contribution in [0.1, 0.15) is 62.4 Å². The molecule has 1 amide bonds. The van der Waals surface area contributed by atoms with Crippen LogP contribution >= 0.6 is 45.2 Å². The minimum absolute atomic E-state index is 0.00761. The van der Waals surface area contributed by atoms with Gasteiger partial charge in [-0.15, -0.1) is 0 Å². The normalized spacial score (nSPS) is 14.9. The minimum Gasteiger partial charge on any atom is -0.506 e. The number of amides is 1. The molecule has 0 aromatic heterocycles. The predicted molar refractivity (Wildman–Crippen MR) is 144 cm³/mol. The number of phenolic OH excluding ortho intramolecular Hbond substituents is 1. The molecule has 3 rings (SSSR count). The fraction of sp³-hybridized carbons (Fsp3) is 0.440. The maximum Gasteiger partial charge on any atom is 0.350 e. The van der Waals surface area contributed by atoms with E-state index in [-0.39, 0.29) is 17.8 Å². The van der Waals surface area contributed by atoms with Gasteiger partial charge in [0.15, 0.2) is 5.60 Å². The lowest BCUT2D eigenvalue weighted by Gasteiger charge is -2.33. The summed E-state index contributed by atoms with van der Waals surface area (Å²) in [6.07, 6.45) is 1.49. The van der Waals surface area contributed by atoms with Gasteiger partial charge in [-0.2, -0.15) is 0 Å². The van der Waals surface area contributed by atoms with E-state index in [4.69, 9.17) is 9.47 Å². The van der Waals surface area contributed by atoms with Gasteiger partial charge in [0.2, 0.25) is 0 Å². The van der Waals surface area contributed by atoms with Crippen molar-refractivity contribution in [2.24, 2.45) is 0 Å². The minimum atomic E-state index is -1.09. The van der Waals surface area contributed by atoms with Gasteiger partial charge in [0.25, 0.3) is 5.91 Å². The maximum atomic E-state index is 13.0. The molecule has 178 valence electrons. The second-order valence-electron chi connectivity index (χ2n) is 8.99. The number of piperidine rings is 1. The van der Waals surface area contributed by atoms with Crippen molar-refractivity contribution in [1.82, 2.24) is 4.90 Å². The molecule has 1 aliphatic heterocycles. The summed E-state index contributed by atoms with van der Waals surface area (Å²) in [4.78, 5) is 27.2. The summed E-state index contributed by atoms with van der Waals surface area (Å²) >= 11 is 4.09. The fourth-order valence-corrected chi connectivity index (χ4v) is 5.58. The van der Waals surface area contributed by atoms with Crippen molar-refractivity contribution >= 4 is 57.1 Å². The number of hydrogen-bond acceptors (Lipinski definition) is 5. The second kappa shape index (κ2) is 10.8. The number of rotatable bonds is 6. The summed E-state index contributed by atoms with van der Waals surface area (Å²) in [5, 5.41) is 9.97. The van der Waals surface area contributed by atoms with Gasteiger partial charge in [-0.25, -0.2) is 4.79 Å². The summed E-state index contributed by atoms with van der Waals surface area (Å²) in [5.41, 5.74) is 0.657. The molecule has 8 heteroatoms. The van der Waals surface area contributed by atoms with Crippen molar-refractivity contribution in [3.8, 4) is 11.5 Å². The van der Waals surface area contributed by atoms with Crippen molar-refractivity contribution in [3.63, 3.8) is 0 Å². The highest BCUT2D eigenvalue weighted by Gasteiger charge is 2.33. The molecule has 2 aromatic carbocycles. The van der Waals surface area contributed by atoms with E-state index in [1.807, 2.05) is 82.1 Å². The summed E-state index contributed by atoms with van der Waals surface area (Å²) in [6, 6.07) is 11.3. The van der Waals surface area contributed by atoms with E-state index in [1.54, 1.807) is 26.0 Å². The number of halogens is 2. The molecule has 0 radical (unpaired) electrons. The Labute approximate surface area is 222 Å². The Bertz CT molecular complexity index is 1010. The first-order valence-corrected chi connectivity index (χ1v) is 13.1.